The molecule has 1 aliphatic carbocycles. The maximum atomic E-state index is 2.56. The summed E-state index contributed by atoms with van der Waals surface area (Å²) in [5.41, 5.74) is 5.90. The Morgan fingerprint density at radius 1 is 0.659 bits per heavy atom. The number of hydrogen-bond donors (Lipinski definition) is 0. The van der Waals surface area contributed by atoms with Crippen LogP contribution in [0.25, 0.3) is 0 Å². The number of halogens is 3. The molecule has 41 heavy (non-hydrogen) atoms. The van der Waals surface area contributed by atoms with Gasteiger partial charge in [-0.15, -0.1) is 0 Å². The molecule has 0 N–H and O–H groups in total. The largest absolute Gasteiger partial charge is 1.00 e. The van der Waals surface area contributed by atoms with Gasteiger partial charge in [0.15, 0.2) is 0 Å². The van der Waals surface area contributed by atoms with Crippen LogP contribution in [0.5, 0.6) is 0 Å². The normalized spacial score (nSPS) is 13.2. The first-order valence-corrected chi connectivity index (χ1v) is 17.4. The second-order valence-corrected chi connectivity index (χ2v) is 16.6. The van der Waals surface area contributed by atoms with E-state index >= 15 is 0 Å². The molecule has 3 aromatic carbocycles. The monoisotopic (exact) mass is 658 g/mol. The number of allylic oxidation sites excluding steroid dienone is 4. The van der Waals surface area contributed by atoms with Gasteiger partial charge in [-0.1, -0.05) is 0 Å². The van der Waals surface area contributed by atoms with Crippen LogP contribution in [0.4, 0.5) is 0 Å². The van der Waals surface area contributed by atoms with Gasteiger partial charge in [0, 0.05) is 0 Å². The molecule has 0 atom stereocenters. The van der Waals surface area contributed by atoms with Crippen molar-refractivity contribution in [1.82, 2.24) is 0 Å². The van der Waals surface area contributed by atoms with Gasteiger partial charge in [0.2, 0.25) is 0 Å². The summed E-state index contributed by atoms with van der Waals surface area (Å²) in [6, 6.07) is 29.0. The molecule has 3 aromatic rings. The van der Waals surface area contributed by atoms with Crippen LogP contribution in [0.3, 0.4) is 0 Å². The fourth-order valence-corrected chi connectivity index (χ4v) is 12.5. The van der Waals surface area contributed by atoms with Crippen molar-refractivity contribution in [1.29, 1.82) is 0 Å². The minimum absolute atomic E-state index is 0. The van der Waals surface area contributed by atoms with E-state index in [9.17, 15) is 0 Å². The molecule has 0 saturated heterocycles. The molecule has 0 saturated carbocycles. The van der Waals surface area contributed by atoms with E-state index in [1.165, 1.54) is 51.5 Å². The van der Waals surface area contributed by atoms with E-state index in [1.807, 2.05) is 0 Å². The summed E-state index contributed by atoms with van der Waals surface area (Å²) < 4.78 is 1.56. The molecule has 0 heterocycles. The molecule has 4 rings (SSSR count). The Hall–Kier alpha value is -1.06. The number of hydrogen-bond acceptors (Lipinski definition) is 0. The van der Waals surface area contributed by atoms with Gasteiger partial charge < -0.3 is 37.2 Å². The van der Waals surface area contributed by atoms with E-state index in [4.69, 9.17) is 0 Å². The van der Waals surface area contributed by atoms with Crippen molar-refractivity contribution >= 4 is 23.6 Å². The Labute approximate surface area is 281 Å². The SMILES string of the molecule is CCCCC1=CCC([Si](c2cccc(C(C)C)c2)(c2cccc(C(C)C)c2)c2cccc(C(C)C)c2)=[C]1[Ti+3].[Cl-].[Cl-].[Cl-]. The smallest absolute Gasteiger partial charge is 1.00 e. The van der Waals surface area contributed by atoms with Crippen LogP contribution in [0.15, 0.2) is 93.5 Å². The van der Waals surface area contributed by atoms with Crippen LogP contribution in [-0.2, 0) is 20.4 Å². The molecule has 0 nitrogen and oxygen atoms in total. The summed E-state index contributed by atoms with van der Waals surface area (Å²) in [5.74, 6) is 1.51. The molecule has 0 aromatic heterocycles. The predicted molar refractivity (Wildman–Crippen MR) is 165 cm³/mol. The summed E-state index contributed by atoms with van der Waals surface area (Å²) in [7, 11) is -2.54. The van der Waals surface area contributed by atoms with E-state index in [1.54, 1.807) is 14.6 Å². The van der Waals surface area contributed by atoms with E-state index in [2.05, 4.69) is 148 Å². The summed E-state index contributed by atoms with van der Waals surface area (Å²) in [6.45, 7) is 16.3. The summed E-state index contributed by atoms with van der Waals surface area (Å²) in [6.07, 6.45) is 7.33. The third-order valence-electron chi connectivity index (χ3n) is 8.39. The zero-order valence-electron chi connectivity index (χ0n) is 25.7. The molecule has 1 aliphatic rings. The second-order valence-electron chi connectivity index (χ2n) is 12.0. The molecular weight excluding hydrogens is 615 g/mol. The standard InChI is InChI=1S/C36H45Si.3ClH.Ti/c1-8-9-13-29-20-21-36(22-29)37(33-17-10-14-30(23-33)26(2)3,34-18-11-15-31(24-34)27(4)5)35-19-12-16-32(25-35)28(6)7;;;;/h10-12,14-20,23-28H,8-9,13,21H2,1-7H3;3*1H;/q;;;;+3/p-3. The summed E-state index contributed by atoms with van der Waals surface area (Å²) in [5, 5.41) is 6.28. The minimum Gasteiger partial charge on any atom is -1.00 e. The van der Waals surface area contributed by atoms with Crippen LogP contribution in [0, 0.1) is 0 Å². The average Bonchev–Trinajstić information content (AvgIpc) is 3.28. The molecule has 0 fully saturated rings. The Morgan fingerprint density at radius 2 is 1.05 bits per heavy atom. The zero-order chi connectivity index (χ0) is 27.4. The zero-order valence-corrected chi connectivity index (χ0v) is 30.5. The fraction of sp³-hybridized carbons (Fsp3) is 0.389. The van der Waals surface area contributed by atoms with E-state index in [-0.39, 0.29) is 37.2 Å². The van der Waals surface area contributed by atoms with Gasteiger partial charge in [0.25, 0.3) is 0 Å². The van der Waals surface area contributed by atoms with Crippen LogP contribution in [0.2, 0.25) is 0 Å². The molecule has 0 radical (unpaired) electrons. The maximum absolute atomic E-state index is 2.56. The molecule has 218 valence electrons. The van der Waals surface area contributed by atoms with Crippen molar-refractivity contribution in [2.45, 2.75) is 91.9 Å². The van der Waals surface area contributed by atoms with E-state index < -0.39 is 8.07 Å². The summed E-state index contributed by atoms with van der Waals surface area (Å²) >= 11 is 2.43. The molecule has 0 unspecified atom stereocenters. The van der Waals surface area contributed by atoms with Gasteiger partial charge in [0.1, 0.15) is 0 Å². The summed E-state index contributed by atoms with van der Waals surface area (Å²) in [4.78, 5) is 0. The average molecular weight is 660 g/mol. The van der Waals surface area contributed by atoms with Gasteiger partial charge in [-0.3, -0.25) is 0 Å². The Morgan fingerprint density at radius 3 is 1.39 bits per heavy atom. The molecule has 0 aliphatic heterocycles. The van der Waals surface area contributed by atoms with Crippen LogP contribution < -0.4 is 52.8 Å². The third-order valence-corrected chi connectivity index (χ3v) is 14.6. The van der Waals surface area contributed by atoms with E-state index in [0.717, 1.165) is 6.42 Å². The molecule has 0 spiro atoms. The van der Waals surface area contributed by atoms with Crippen molar-refractivity contribution in [2.75, 3.05) is 0 Å². The molecule has 0 bridgehead atoms. The molecular formula is C36H45Cl3SiTi. The first kappa shape index (κ1) is 38.0. The van der Waals surface area contributed by atoms with Crippen molar-refractivity contribution in [3.63, 3.8) is 0 Å². The first-order chi connectivity index (χ1) is 18.2. The topological polar surface area (TPSA) is 0 Å². The Bertz CT molecular complexity index is 1210. The van der Waals surface area contributed by atoms with Gasteiger partial charge in [0.05, 0.1) is 0 Å². The number of rotatable bonds is 10. The van der Waals surface area contributed by atoms with Crippen molar-refractivity contribution in [3.8, 4) is 0 Å². The number of unbranched alkanes of at least 4 members (excludes halogenated alkanes) is 1. The first-order valence-electron chi connectivity index (χ1n) is 14.7. The minimum atomic E-state index is -2.54. The van der Waals surface area contributed by atoms with Gasteiger partial charge in [-0.25, -0.2) is 0 Å². The van der Waals surface area contributed by atoms with E-state index in [0.29, 0.717) is 17.8 Å². The molecule has 0 amide bonds. The maximum Gasteiger partial charge on any atom is -1.00 e. The third kappa shape index (κ3) is 7.91. The van der Waals surface area contributed by atoms with Crippen LogP contribution in [0.1, 0.15) is 109 Å². The van der Waals surface area contributed by atoms with Gasteiger partial charge in [-0.05, 0) is 0 Å². The Kier molecular flexibility index (Phi) is 15.5. The quantitative estimate of drug-likeness (QED) is 0.202. The van der Waals surface area contributed by atoms with Crippen molar-refractivity contribution in [3.05, 3.63) is 110 Å². The van der Waals surface area contributed by atoms with Crippen LogP contribution in [-0.4, -0.2) is 8.07 Å². The van der Waals surface area contributed by atoms with Crippen molar-refractivity contribution < 1.29 is 57.7 Å². The predicted octanol–water partition coefficient (Wildman–Crippen LogP) is -0.601. The molecule has 5 heteroatoms. The van der Waals surface area contributed by atoms with Crippen LogP contribution >= 0.6 is 0 Å². The number of benzene rings is 3. The van der Waals surface area contributed by atoms with Crippen molar-refractivity contribution in [2.24, 2.45) is 0 Å². The van der Waals surface area contributed by atoms with Gasteiger partial charge >= 0.3 is 246 Å². The Balaban J connectivity index is 0.00000280. The second kappa shape index (κ2) is 16.7. The van der Waals surface area contributed by atoms with Gasteiger partial charge in [-0.2, -0.15) is 0 Å². The fourth-order valence-electron chi connectivity index (χ4n) is 5.97.